The molecule has 0 bridgehead atoms. The van der Waals surface area contributed by atoms with Gasteiger partial charge in [0.25, 0.3) is 5.92 Å². The standard InChI is InChI=1S/C7H11F2NO3/c1-5(12)2-6(13)10-3-7(8,9)4-11/h11H,2-4H2,1H3,(H,10,13). The summed E-state index contributed by atoms with van der Waals surface area (Å²) < 4.78 is 24.6. The van der Waals surface area contributed by atoms with Crippen molar-refractivity contribution in [3.63, 3.8) is 0 Å². The second-order valence-electron chi connectivity index (χ2n) is 2.67. The van der Waals surface area contributed by atoms with E-state index >= 15 is 0 Å². The fourth-order valence-electron chi connectivity index (χ4n) is 0.572. The normalized spacial score (nSPS) is 11.1. The summed E-state index contributed by atoms with van der Waals surface area (Å²) in [7, 11) is 0. The van der Waals surface area contributed by atoms with Gasteiger partial charge in [0.05, 0.1) is 13.0 Å². The maximum absolute atomic E-state index is 12.3. The maximum atomic E-state index is 12.3. The lowest BCUT2D eigenvalue weighted by molar-refractivity contribution is -0.129. The van der Waals surface area contributed by atoms with Crippen molar-refractivity contribution >= 4 is 11.7 Å². The summed E-state index contributed by atoms with van der Waals surface area (Å²) in [6.45, 7) is -1.09. The van der Waals surface area contributed by atoms with Crippen molar-refractivity contribution in [3.05, 3.63) is 0 Å². The van der Waals surface area contributed by atoms with E-state index in [0.29, 0.717) is 0 Å². The number of carbonyl (C=O) groups is 2. The molecule has 76 valence electrons. The van der Waals surface area contributed by atoms with E-state index in [0.717, 1.165) is 0 Å². The number of nitrogens with one attached hydrogen (secondary N) is 1. The summed E-state index contributed by atoms with van der Waals surface area (Å²) >= 11 is 0. The molecule has 0 saturated heterocycles. The lowest BCUT2D eigenvalue weighted by Crippen LogP contribution is -2.39. The fourth-order valence-corrected chi connectivity index (χ4v) is 0.572. The Balaban J connectivity index is 3.76. The van der Waals surface area contributed by atoms with Crippen molar-refractivity contribution in [2.45, 2.75) is 19.3 Å². The van der Waals surface area contributed by atoms with E-state index in [2.05, 4.69) is 0 Å². The topological polar surface area (TPSA) is 66.4 Å². The summed E-state index contributed by atoms with van der Waals surface area (Å²) in [5, 5.41) is 9.96. The minimum absolute atomic E-state index is 0.398. The number of hydrogen-bond acceptors (Lipinski definition) is 3. The molecule has 0 aliphatic heterocycles. The van der Waals surface area contributed by atoms with Gasteiger partial charge in [-0.3, -0.25) is 9.59 Å². The SMILES string of the molecule is CC(=O)CC(=O)NCC(F)(F)CO. The molecule has 0 aliphatic carbocycles. The Morgan fingerprint density at radius 1 is 1.46 bits per heavy atom. The molecule has 0 spiro atoms. The molecule has 0 saturated carbocycles. The third-order valence-electron chi connectivity index (χ3n) is 1.19. The second kappa shape index (κ2) is 4.86. The number of rotatable bonds is 5. The van der Waals surface area contributed by atoms with Crippen LogP contribution in [0.3, 0.4) is 0 Å². The Hall–Kier alpha value is -1.04. The second-order valence-corrected chi connectivity index (χ2v) is 2.67. The number of amides is 1. The zero-order chi connectivity index (χ0) is 10.5. The summed E-state index contributed by atoms with van der Waals surface area (Å²) in [6, 6.07) is 0. The van der Waals surface area contributed by atoms with Gasteiger partial charge >= 0.3 is 0 Å². The van der Waals surface area contributed by atoms with E-state index in [1.807, 2.05) is 5.32 Å². The molecule has 4 nitrogen and oxygen atoms in total. The lowest BCUT2D eigenvalue weighted by atomic mass is 10.3. The highest BCUT2D eigenvalue weighted by Crippen LogP contribution is 2.09. The first-order valence-electron chi connectivity index (χ1n) is 3.62. The third-order valence-corrected chi connectivity index (χ3v) is 1.19. The molecule has 0 aromatic rings. The first-order valence-corrected chi connectivity index (χ1v) is 3.62. The largest absolute Gasteiger partial charge is 0.390 e. The van der Waals surface area contributed by atoms with Crippen molar-refractivity contribution in [2.24, 2.45) is 0 Å². The van der Waals surface area contributed by atoms with Gasteiger partial charge in [-0.15, -0.1) is 0 Å². The van der Waals surface area contributed by atoms with Crippen LogP contribution >= 0.6 is 0 Å². The van der Waals surface area contributed by atoms with E-state index in [1.54, 1.807) is 0 Å². The summed E-state index contributed by atoms with van der Waals surface area (Å²) in [6.07, 6.45) is -0.415. The summed E-state index contributed by atoms with van der Waals surface area (Å²) in [5.41, 5.74) is 0. The van der Waals surface area contributed by atoms with Crippen molar-refractivity contribution in [1.29, 1.82) is 0 Å². The van der Waals surface area contributed by atoms with Gasteiger partial charge in [0.2, 0.25) is 5.91 Å². The van der Waals surface area contributed by atoms with Crippen molar-refractivity contribution in [1.82, 2.24) is 5.32 Å². The number of carbonyl (C=O) groups excluding carboxylic acids is 2. The van der Waals surface area contributed by atoms with Gasteiger partial charge in [-0.1, -0.05) is 0 Å². The number of aliphatic hydroxyl groups is 1. The Kier molecular flexibility index (Phi) is 4.47. The number of Topliss-reactive ketones (excluding diaryl/α,β-unsaturated/α-hetero) is 1. The van der Waals surface area contributed by atoms with E-state index in [4.69, 9.17) is 5.11 Å². The van der Waals surface area contributed by atoms with Crippen LogP contribution in [0.5, 0.6) is 0 Å². The Morgan fingerprint density at radius 2 is 2.00 bits per heavy atom. The smallest absolute Gasteiger partial charge is 0.287 e. The van der Waals surface area contributed by atoms with Crippen LogP contribution in [-0.4, -0.2) is 35.9 Å². The zero-order valence-corrected chi connectivity index (χ0v) is 7.14. The Morgan fingerprint density at radius 3 is 2.38 bits per heavy atom. The van der Waals surface area contributed by atoms with Gasteiger partial charge in [-0.05, 0) is 6.92 Å². The van der Waals surface area contributed by atoms with Gasteiger partial charge < -0.3 is 10.4 Å². The predicted octanol–water partition coefficient (Wildman–Crippen LogP) is -0.291. The molecule has 2 N–H and O–H groups in total. The fraction of sp³-hybridized carbons (Fsp3) is 0.714. The molecule has 0 aromatic heterocycles. The van der Waals surface area contributed by atoms with Crippen LogP contribution in [0.1, 0.15) is 13.3 Å². The molecule has 1 amide bonds. The van der Waals surface area contributed by atoms with E-state index in [1.165, 1.54) is 6.92 Å². The molecule has 0 atom stereocenters. The van der Waals surface area contributed by atoms with Gasteiger partial charge in [-0.2, -0.15) is 0 Å². The molecule has 0 fully saturated rings. The van der Waals surface area contributed by atoms with Crippen LogP contribution in [0.15, 0.2) is 0 Å². The number of halogens is 2. The van der Waals surface area contributed by atoms with Crippen LogP contribution in [0.2, 0.25) is 0 Å². The molecule has 0 heterocycles. The molecule has 0 rings (SSSR count). The van der Waals surface area contributed by atoms with Gasteiger partial charge in [-0.25, -0.2) is 8.78 Å². The first-order chi connectivity index (χ1) is 5.87. The Labute approximate surface area is 73.9 Å². The minimum Gasteiger partial charge on any atom is -0.390 e. The maximum Gasteiger partial charge on any atom is 0.287 e. The van der Waals surface area contributed by atoms with E-state index in [9.17, 15) is 18.4 Å². The summed E-state index contributed by atoms with van der Waals surface area (Å²) in [4.78, 5) is 21.0. The van der Waals surface area contributed by atoms with Crippen LogP contribution in [-0.2, 0) is 9.59 Å². The van der Waals surface area contributed by atoms with Gasteiger partial charge in [0.1, 0.15) is 12.4 Å². The molecule has 0 aliphatic rings. The van der Waals surface area contributed by atoms with Crippen molar-refractivity contribution in [2.75, 3.05) is 13.2 Å². The van der Waals surface area contributed by atoms with E-state index in [-0.39, 0.29) is 0 Å². The van der Waals surface area contributed by atoms with Gasteiger partial charge in [0.15, 0.2) is 0 Å². The van der Waals surface area contributed by atoms with Crippen LogP contribution in [0, 0.1) is 0 Å². The van der Waals surface area contributed by atoms with Crippen LogP contribution < -0.4 is 5.32 Å². The highest BCUT2D eigenvalue weighted by atomic mass is 19.3. The average Bonchev–Trinajstić information content (AvgIpc) is 2.00. The molecule has 0 unspecified atom stereocenters. The average molecular weight is 195 g/mol. The molecular formula is C7H11F2NO3. The summed E-state index contributed by atoms with van der Waals surface area (Å²) in [5.74, 6) is -4.49. The predicted molar refractivity (Wildman–Crippen MR) is 40.3 cm³/mol. The van der Waals surface area contributed by atoms with Gasteiger partial charge in [0, 0.05) is 0 Å². The quantitative estimate of drug-likeness (QED) is 0.592. The zero-order valence-electron chi connectivity index (χ0n) is 7.14. The van der Waals surface area contributed by atoms with Crippen LogP contribution in [0.25, 0.3) is 0 Å². The highest BCUT2D eigenvalue weighted by molar-refractivity contribution is 5.96. The molecular weight excluding hydrogens is 184 g/mol. The minimum atomic E-state index is -3.33. The highest BCUT2D eigenvalue weighted by Gasteiger charge is 2.28. The van der Waals surface area contributed by atoms with Crippen molar-refractivity contribution in [3.8, 4) is 0 Å². The van der Waals surface area contributed by atoms with Crippen LogP contribution in [0.4, 0.5) is 8.78 Å². The molecule has 13 heavy (non-hydrogen) atoms. The number of aliphatic hydroxyl groups excluding tert-OH is 1. The molecule has 0 aromatic carbocycles. The van der Waals surface area contributed by atoms with E-state index < -0.39 is 37.2 Å². The lowest BCUT2D eigenvalue weighted by Gasteiger charge is -2.13. The number of hydrogen-bond donors (Lipinski definition) is 2. The number of ketones is 1. The monoisotopic (exact) mass is 195 g/mol. The number of alkyl halides is 2. The first kappa shape index (κ1) is 12.0. The Bertz CT molecular complexity index is 206. The third kappa shape index (κ3) is 6.15. The van der Waals surface area contributed by atoms with Crippen molar-refractivity contribution < 1.29 is 23.5 Å². The molecule has 0 radical (unpaired) electrons. The molecule has 6 heteroatoms.